The van der Waals surface area contributed by atoms with E-state index in [1.54, 1.807) is 4.90 Å². The van der Waals surface area contributed by atoms with E-state index in [1.165, 1.54) is 11.1 Å². The molecule has 1 amide bonds. The van der Waals surface area contributed by atoms with Crippen molar-refractivity contribution in [3.05, 3.63) is 35.4 Å². The Morgan fingerprint density at radius 2 is 1.89 bits per heavy atom. The van der Waals surface area contributed by atoms with Gasteiger partial charge in [0.1, 0.15) is 5.60 Å². The highest BCUT2D eigenvalue weighted by Crippen LogP contribution is 2.20. The van der Waals surface area contributed by atoms with Gasteiger partial charge in [0, 0.05) is 13.1 Å². The minimum Gasteiger partial charge on any atom is -0.444 e. The first kappa shape index (κ1) is 12.9. The molecule has 3 heteroatoms. The molecule has 0 saturated heterocycles. The number of rotatable bonds is 0. The van der Waals surface area contributed by atoms with E-state index in [9.17, 15) is 4.79 Å². The maximum absolute atomic E-state index is 12.1. The fourth-order valence-corrected chi connectivity index (χ4v) is 2.18. The summed E-state index contributed by atoms with van der Waals surface area (Å²) in [7, 11) is 0. The first-order chi connectivity index (χ1) is 8.46. The fraction of sp³-hybridized carbons (Fsp3) is 0.533. The van der Waals surface area contributed by atoms with Crippen LogP contribution >= 0.6 is 0 Å². The second-order valence-corrected chi connectivity index (χ2v) is 5.77. The number of carbonyl (C=O) groups excluding carboxylic acids is 1. The number of hydrogen-bond donors (Lipinski definition) is 0. The molecule has 98 valence electrons. The van der Waals surface area contributed by atoms with Gasteiger partial charge in [-0.25, -0.2) is 4.79 Å². The first-order valence-corrected chi connectivity index (χ1v) is 6.50. The Hall–Kier alpha value is -1.51. The minimum absolute atomic E-state index is 0.209. The molecule has 0 atom stereocenters. The van der Waals surface area contributed by atoms with E-state index in [0.29, 0.717) is 6.54 Å². The molecule has 1 aliphatic rings. The van der Waals surface area contributed by atoms with Gasteiger partial charge in [0.15, 0.2) is 0 Å². The summed E-state index contributed by atoms with van der Waals surface area (Å²) in [6.45, 7) is 7.12. The van der Waals surface area contributed by atoms with Crippen molar-refractivity contribution in [3.63, 3.8) is 0 Å². The van der Waals surface area contributed by atoms with Crippen LogP contribution in [0.25, 0.3) is 0 Å². The van der Waals surface area contributed by atoms with Crippen molar-refractivity contribution in [1.29, 1.82) is 0 Å². The molecular formula is C15H21NO2. The van der Waals surface area contributed by atoms with Crippen molar-refractivity contribution < 1.29 is 9.53 Å². The average molecular weight is 247 g/mol. The van der Waals surface area contributed by atoms with Gasteiger partial charge in [-0.15, -0.1) is 0 Å². The van der Waals surface area contributed by atoms with Crippen molar-refractivity contribution in [2.24, 2.45) is 0 Å². The lowest BCUT2D eigenvalue weighted by molar-refractivity contribution is 0.0237. The molecule has 1 aliphatic heterocycles. The molecule has 0 saturated carbocycles. The number of nitrogens with zero attached hydrogens (tertiary/aromatic N) is 1. The summed E-state index contributed by atoms with van der Waals surface area (Å²) in [6, 6.07) is 8.32. The van der Waals surface area contributed by atoms with Crippen molar-refractivity contribution >= 4 is 6.09 Å². The van der Waals surface area contributed by atoms with Gasteiger partial charge >= 0.3 is 6.09 Å². The Labute approximate surface area is 109 Å². The van der Waals surface area contributed by atoms with E-state index in [1.807, 2.05) is 26.8 Å². The van der Waals surface area contributed by atoms with Crippen molar-refractivity contribution in [3.8, 4) is 0 Å². The molecule has 0 aromatic heterocycles. The largest absolute Gasteiger partial charge is 0.444 e. The van der Waals surface area contributed by atoms with Crippen molar-refractivity contribution in [2.45, 2.75) is 45.8 Å². The van der Waals surface area contributed by atoms with E-state index in [0.717, 1.165) is 19.4 Å². The summed E-state index contributed by atoms with van der Waals surface area (Å²) in [4.78, 5) is 13.9. The summed E-state index contributed by atoms with van der Waals surface area (Å²) in [5.41, 5.74) is 2.16. The lowest BCUT2D eigenvalue weighted by Gasteiger charge is -2.26. The predicted octanol–water partition coefficient (Wildman–Crippen LogP) is 3.37. The van der Waals surface area contributed by atoms with Crippen LogP contribution in [-0.4, -0.2) is 23.1 Å². The lowest BCUT2D eigenvalue weighted by Crippen LogP contribution is -2.36. The summed E-state index contributed by atoms with van der Waals surface area (Å²) in [6.07, 6.45) is 1.82. The van der Waals surface area contributed by atoms with Crippen molar-refractivity contribution in [1.82, 2.24) is 4.90 Å². The number of ether oxygens (including phenoxy) is 1. The van der Waals surface area contributed by atoms with Gasteiger partial charge in [0.25, 0.3) is 0 Å². The molecule has 0 aliphatic carbocycles. The van der Waals surface area contributed by atoms with Crippen LogP contribution in [0.15, 0.2) is 24.3 Å². The number of hydrogen-bond acceptors (Lipinski definition) is 2. The summed E-state index contributed by atoms with van der Waals surface area (Å²) < 4.78 is 5.43. The van der Waals surface area contributed by atoms with Crippen LogP contribution in [0.4, 0.5) is 4.79 Å². The molecule has 0 fully saturated rings. The van der Waals surface area contributed by atoms with Gasteiger partial charge in [0.05, 0.1) is 0 Å². The van der Waals surface area contributed by atoms with Crippen LogP contribution in [0.1, 0.15) is 38.3 Å². The third kappa shape index (κ3) is 3.25. The quantitative estimate of drug-likeness (QED) is 0.703. The minimum atomic E-state index is -0.428. The van der Waals surface area contributed by atoms with E-state index in [2.05, 4.69) is 18.2 Å². The highest BCUT2D eigenvalue weighted by molar-refractivity contribution is 5.68. The third-order valence-electron chi connectivity index (χ3n) is 3.01. The van der Waals surface area contributed by atoms with Crippen LogP contribution < -0.4 is 0 Å². The maximum Gasteiger partial charge on any atom is 0.410 e. The number of fused-ring (bicyclic) bond motifs is 1. The monoisotopic (exact) mass is 247 g/mol. The fourth-order valence-electron chi connectivity index (χ4n) is 2.18. The van der Waals surface area contributed by atoms with Crippen LogP contribution in [0.5, 0.6) is 0 Å². The van der Waals surface area contributed by atoms with E-state index in [-0.39, 0.29) is 6.09 Å². The Bertz CT molecular complexity index is 434. The standard InChI is InChI=1S/C15H21NO2/c1-15(2,3)18-14(17)16-10-6-9-12-7-4-5-8-13(12)11-16/h4-5,7-8H,6,9-11H2,1-3H3. The number of carbonyl (C=O) groups is 1. The first-order valence-electron chi connectivity index (χ1n) is 6.50. The van der Waals surface area contributed by atoms with E-state index >= 15 is 0 Å². The van der Waals surface area contributed by atoms with Crippen LogP contribution in [0, 0.1) is 0 Å². The highest BCUT2D eigenvalue weighted by Gasteiger charge is 2.24. The van der Waals surface area contributed by atoms with Gasteiger partial charge in [-0.1, -0.05) is 24.3 Å². The normalized spacial score (nSPS) is 15.8. The van der Waals surface area contributed by atoms with E-state index < -0.39 is 5.60 Å². The molecular weight excluding hydrogens is 226 g/mol. The second kappa shape index (κ2) is 5.01. The highest BCUT2D eigenvalue weighted by atomic mass is 16.6. The second-order valence-electron chi connectivity index (χ2n) is 5.77. The van der Waals surface area contributed by atoms with Crippen LogP contribution in [-0.2, 0) is 17.7 Å². The zero-order valence-electron chi connectivity index (χ0n) is 11.4. The number of amides is 1. The molecule has 0 N–H and O–H groups in total. The topological polar surface area (TPSA) is 29.5 Å². The van der Waals surface area contributed by atoms with Gasteiger partial charge in [0.2, 0.25) is 0 Å². The van der Waals surface area contributed by atoms with Gasteiger partial charge in [-0.2, -0.15) is 0 Å². The zero-order valence-corrected chi connectivity index (χ0v) is 11.4. The predicted molar refractivity (Wildman–Crippen MR) is 71.4 cm³/mol. The van der Waals surface area contributed by atoms with Gasteiger partial charge in [-0.05, 0) is 44.7 Å². The molecule has 18 heavy (non-hydrogen) atoms. The summed E-state index contributed by atoms with van der Waals surface area (Å²) >= 11 is 0. The smallest absolute Gasteiger partial charge is 0.410 e. The van der Waals surface area contributed by atoms with Crippen molar-refractivity contribution in [2.75, 3.05) is 6.54 Å². The van der Waals surface area contributed by atoms with Gasteiger partial charge in [-0.3, -0.25) is 0 Å². The molecule has 0 spiro atoms. The third-order valence-corrected chi connectivity index (χ3v) is 3.01. The van der Waals surface area contributed by atoms with Crippen LogP contribution in [0.2, 0.25) is 0 Å². The number of aryl methyl sites for hydroxylation is 1. The molecule has 2 rings (SSSR count). The average Bonchev–Trinajstić information content (AvgIpc) is 2.48. The summed E-state index contributed by atoms with van der Waals surface area (Å²) in [5, 5.41) is 0. The molecule has 0 unspecified atom stereocenters. The molecule has 1 aromatic carbocycles. The Morgan fingerprint density at radius 3 is 2.56 bits per heavy atom. The Kier molecular flexibility index (Phi) is 3.60. The zero-order chi connectivity index (χ0) is 13.2. The molecule has 0 radical (unpaired) electrons. The van der Waals surface area contributed by atoms with Gasteiger partial charge < -0.3 is 9.64 Å². The van der Waals surface area contributed by atoms with Crippen LogP contribution in [0.3, 0.4) is 0 Å². The Balaban J connectivity index is 2.10. The van der Waals surface area contributed by atoms with E-state index in [4.69, 9.17) is 4.74 Å². The lowest BCUT2D eigenvalue weighted by atomic mass is 10.0. The Morgan fingerprint density at radius 1 is 1.22 bits per heavy atom. The maximum atomic E-state index is 12.1. The number of benzene rings is 1. The molecule has 0 bridgehead atoms. The molecule has 1 aromatic rings. The molecule has 1 heterocycles. The summed E-state index contributed by atoms with van der Waals surface area (Å²) in [5.74, 6) is 0. The molecule has 3 nitrogen and oxygen atoms in total. The SMILES string of the molecule is CC(C)(C)OC(=O)N1CCCc2ccccc2C1.